The molecule has 0 aliphatic carbocycles. The van der Waals surface area contributed by atoms with E-state index in [-0.39, 0.29) is 6.61 Å². The lowest BCUT2D eigenvalue weighted by molar-refractivity contribution is 0.280. The molecule has 0 heterocycles. The molecule has 2 N–H and O–H groups in total. The molecular weight excluding hydrogens is 186 g/mol. The topological polar surface area (TPSA) is 32.3 Å². The van der Waals surface area contributed by atoms with Crippen LogP contribution in [0.15, 0.2) is 24.3 Å². The molecule has 1 aromatic rings. The Morgan fingerprint density at radius 1 is 1.27 bits per heavy atom. The Kier molecular flexibility index (Phi) is 5.37. The van der Waals surface area contributed by atoms with E-state index in [1.165, 1.54) is 18.4 Å². The molecule has 0 saturated carbocycles. The number of hydrogen-bond acceptors (Lipinski definition) is 2. The Bertz CT molecular complexity index is 286. The Morgan fingerprint density at radius 3 is 2.53 bits per heavy atom. The Labute approximate surface area is 92.3 Å². The Morgan fingerprint density at radius 2 is 1.93 bits per heavy atom. The number of rotatable bonds is 6. The summed E-state index contributed by atoms with van der Waals surface area (Å²) in [7, 11) is 0. The first-order valence-electron chi connectivity index (χ1n) is 5.69. The third-order valence-electron chi connectivity index (χ3n) is 2.65. The van der Waals surface area contributed by atoms with Gasteiger partial charge >= 0.3 is 0 Å². The highest BCUT2D eigenvalue weighted by atomic mass is 16.3. The van der Waals surface area contributed by atoms with Crippen LogP contribution in [-0.4, -0.2) is 11.1 Å². The molecule has 0 aliphatic rings. The van der Waals surface area contributed by atoms with Gasteiger partial charge in [-0.15, -0.1) is 0 Å². The minimum Gasteiger partial charge on any atom is -0.392 e. The van der Waals surface area contributed by atoms with Crippen molar-refractivity contribution in [3.8, 4) is 0 Å². The standard InChI is InChI=1S/C13H21NO/c1-3-6-11(2)14-9-12-7-4-5-8-13(12)10-15/h4-5,7-8,11,14-15H,3,6,9-10H2,1-2H3. The molecule has 0 amide bonds. The third kappa shape index (κ3) is 4.02. The maximum atomic E-state index is 9.16. The summed E-state index contributed by atoms with van der Waals surface area (Å²) < 4.78 is 0. The molecule has 0 saturated heterocycles. The van der Waals surface area contributed by atoms with Gasteiger partial charge in [0.05, 0.1) is 6.61 Å². The van der Waals surface area contributed by atoms with Crippen LogP contribution in [0.5, 0.6) is 0 Å². The van der Waals surface area contributed by atoms with E-state index in [0.717, 1.165) is 12.1 Å². The molecule has 0 radical (unpaired) electrons. The van der Waals surface area contributed by atoms with Gasteiger partial charge in [-0.2, -0.15) is 0 Å². The molecule has 0 spiro atoms. The number of benzene rings is 1. The summed E-state index contributed by atoms with van der Waals surface area (Å²) in [5.74, 6) is 0. The molecule has 1 atom stereocenters. The lowest BCUT2D eigenvalue weighted by Crippen LogP contribution is -2.25. The summed E-state index contributed by atoms with van der Waals surface area (Å²) in [5, 5.41) is 12.6. The molecule has 2 heteroatoms. The molecule has 0 aliphatic heterocycles. The van der Waals surface area contributed by atoms with Gasteiger partial charge in [-0.25, -0.2) is 0 Å². The molecule has 0 aromatic heterocycles. The van der Waals surface area contributed by atoms with Gasteiger partial charge in [-0.1, -0.05) is 37.6 Å². The van der Waals surface area contributed by atoms with Gasteiger partial charge in [0, 0.05) is 12.6 Å². The van der Waals surface area contributed by atoms with E-state index in [1.807, 2.05) is 18.2 Å². The largest absolute Gasteiger partial charge is 0.392 e. The van der Waals surface area contributed by atoms with Gasteiger partial charge in [0.2, 0.25) is 0 Å². The van der Waals surface area contributed by atoms with Crippen LogP contribution in [0.4, 0.5) is 0 Å². The maximum Gasteiger partial charge on any atom is 0.0685 e. The first kappa shape index (κ1) is 12.2. The van der Waals surface area contributed by atoms with Crippen LogP contribution in [0.25, 0.3) is 0 Å². The molecule has 0 bridgehead atoms. The van der Waals surface area contributed by atoms with Gasteiger partial charge < -0.3 is 10.4 Å². The van der Waals surface area contributed by atoms with Gasteiger partial charge in [-0.05, 0) is 24.5 Å². The van der Waals surface area contributed by atoms with E-state index in [9.17, 15) is 0 Å². The molecular formula is C13H21NO. The fourth-order valence-corrected chi connectivity index (χ4v) is 1.70. The molecule has 15 heavy (non-hydrogen) atoms. The van der Waals surface area contributed by atoms with Crippen molar-refractivity contribution in [2.24, 2.45) is 0 Å². The third-order valence-corrected chi connectivity index (χ3v) is 2.65. The van der Waals surface area contributed by atoms with Crippen molar-refractivity contribution in [2.45, 2.75) is 45.9 Å². The normalized spacial score (nSPS) is 12.7. The number of hydrogen-bond donors (Lipinski definition) is 2. The zero-order valence-electron chi connectivity index (χ0n) is 9.66. The van der Waals surface area contributed by atoms with Crippen molar-refractivity contribution in [1.29, 1.82) is 0 Å². The van der Waals surface area contributed by atoms with Gasteiger partial charge in [-0.3, -0.25) is 0 Å². The molecule has 1 aromatic carbocycles. The summed E-state index contributed by atoms with van der Waals surface area (Å²) in [6.45, 7) is 5.36. The van der Waals surface area contributed by atoms with Crippen molar-refractivity contribution in [2.75, 3.05) is 0 Å². The SMILES string of the molecule is CCCC(C)NCc1ccccc1CO. The summed E-state index contributed by atoms with van der Waals surface area (Å²) in [5.41, 5.74) is 2.22. The smallest absolute Gasteiger partial charge is 0.0685 e. The Hall–Kier alpha value is -0.860. The van der Waals surface area contributed by atoms with E-state index >= 15 is 0 Å². The second kappa shape index (κ2) is 6.59. The van der Waals surface area contributed by atoms with Crippen LogP contribution in [0.1, 0.15) is 37.8 Å². The predicted molar refractivity (Wildman–Crippen MR) is 63.6 cm³/mol. The second-order valence-electron chi connectivity index (χ2n) is 4.00. The highest BCUT2D eigenvalue weighted by Gasteiger charge is 2.03. The quantitative estimate of drug-likeness (QED) is 0.751. The summed E-state index contributed by atoms with van der Waals surface area (Å²) in [6.07, 6.45) is 2.40. The van der Waals surface area contributed by atoms with Crippen molar-refractivity contribution in [3.05, 3.63) is 35.4 Å². The van der Waals surface area contributed by atoms with Gasteiger partial charge in [0.1, 0.15) is 0 Å². The first-order valence-corrected chi connectivity index (χ1v) is 5.69. The van der Waals surface area contributed by atoms with Crippen molar-refractivity contribution >= 4 is 0 Å². The van der Waals surface area contributed by atoms with E-state index in [2.05, 4.69) is 25.2 Å². The number of nitrogens with one attached hydrogen (secondary N) is 1. The highest BCUT2D eigenvalue weighted by molar-refractivity contribution is 5.26. The molecule has 1 unspecified atom stereocenters. The fraction of sp³-hybridized carbons (Fsp3) is 0.538. The van der Waals surface area contributed by atoms with E-state index in [4.69, 9.17) is 5.11 Å². The number of aliphatic hydroxyl groups is 1. The van der Waals surface area contributed by atoms with Crippen molar-refractivity contribution in [1.82, 2.24) is 5.32 Å². The van der Waals surface area contributed by atoms with Crippen LogP contribution >= 0.6 is 0 Å². The van der Waals surface area contributed by atoms with E-state index in [1.54, 1.807) is 0 Å². The maximum absolute atomic E-state index is 9.16. The van der Waals surface area contributed by atoms with Gasteiger partial charge in [0.15, 0.2) is 0 Å². The summed E-state index contributed by atoms with van der Waals surface area (Å²) in [4.78, 5) is 0. The lowest BCUT2D eigenvalue weighted by atomic mass is 10.1. The van der Waals surface area contributed by atoms with Crippen LogP contribution in [0.2, 0.25) is 0 Å². The zero-order chi connectivity index (χ0) is 11.1. The molecule has 0 fully saturated rings. The zero-order valence-corrected chi connectivity index (χ0v) is 9.66. The summed E-state index contributed by atoms with van der Waals surface area (Å²) >= 11 is 0. The minimum atomic E-state index is 0.125. The van der Waals surface area contributed by atoms with E-state index in [0.29, 0.717) is 6.04 Å². The first-order chi connectivity index (χ1) is 7.27. The van der Waals surface area contributed by atoms with E-state index < -0.39 is 0 Å². The Balaban J connectivity index is 2.49. The average molecular weight is 207 g/mol. The van der Waals surface area contributed by atoms with Crippen LogP contribution in [0.3, 0.4) is 0 Å². The lowest BCUT2D eigenvalue weighted by Gasteiger charge is -2.14. The fourth-order valence-electron chi connectivity index (χ4n) is 1.70. The minimum absolute atomic E-state index is 0.125. The molecule has 2 nitrogen and oxygen atoms in total. The highest BCUT2D eigenvalue weighted by Crippen LogP contribution is 2.08. The number of aliphatic hydroxyl groups excluding tert-OH is 1. The predicted octanol–water partition coefficient (Wildman–Crippen LogP) is 2.46. The van der Waals surface area contributed by atoms with Crippen LogP contribution in [0, 0.1) is 0 Å². The van der Waals surface area contributed by atoms with Gasteiger partial charge in [0.25, 0.3) is 0 Å². The van der Waals surface area contributed by atoms with Crippen LogP contribution < -0.4 is 5.32 Å². The van der Waals surface area contributed by atoms with Crippen LogP contribution in [-0.2, 0) is 13.2 Å². The molecule has 84 valence electrons. The average Bonchev–Trinajstić information content (AvgIpc) is 2.27. The molecule has 1 rings (SSSR count). The summed E-state index contributed by atoms with van der Waals surface area (Å²) in [6, 6.07) is 8.56. The van der Waals surface area contributed by atoms with Crippen molar-refractivity contribution < 1.29 is 5.11 Å². The second-order valence-corrected chi connectivity index (χ2v) is 4.00. The monoisotopic (exact) mass is 207 g/mol. The van der Waals surface area contributed by atoms with Crippen molar-refractivity contribution in [3.63, 3.8) is 0 Å².